The first-order chi connectivity index (χ1) is 7.27. The first-order valence-electron chi connectivity index (χ1n) is 5.87. The first kappa shape index (κ1) is 10.9. The van der Waals surface area contributed by atoms with E-state index in [0.29, 0.717) is 0 Å². The van der Waals surface area contributed by atoms with Gasteiger partial charge in [0.1, 0.15) is 5.82 Å². The van der Waals surface area contributed by atoms with Crippen LogP contribution in [0.25, 0.3) is 0 Å². The van der Waals surface area contributed by atoms with E-state index < -0.39 is 0 Å². The van der Waals surface area contributed by atoms with Crippen molar-refractivity contribution < 1.29 is 0 Å². The van der Waals surface area contributed by atoms with E-state index >= 15 is 0 Å². The summed E-state index contributed by atoms with van der Waals surface area (Å²) in [5.41, 5.74) is 0. The van der Waals surface area contributed by atoms with E-state index in [4.69, 9.17) is 12.2 Å². The Bertz CT molecular complexity index is 358. The highest BCUT2D eigenvalue weighted by Gasteiger charge is 2.15. The second-order valence-corrected chi connectivity index (χ2v) is 4.95. The van der Waals surface area contributed by atoms with Gasteiger partial charge in [0.2, 0.25) is 0 Å². The molecule has 0 aromatic carbocycles. The molecule has 4 heteroatoms. The van der Waals surface area contributed by atoms with Gasteiger partial charge >= 0.3 is 0 Å². The van der Waals surface area contributed by atoms with Crippen molar-refractivity contribution in [2.24, 2.45) is 13.0 Å². The van der Waals surface area contributed by atoms with Crippen molar-refractivity contribution in [3.8, 4) is 0 Å². The number of aromatic amines is 1. The molecule has 2 rings (SSSR count). The summed E-state index contributed by atoms with van der Waals surface area (Å²) >= 11 is 5.11. The minimum absolute atomic E-state index is 0.735. The van der Waals surface area contributed by atoms with Gasteiger partial charge in [0.25, 0.3) is 0 Å². The molecule has 0 amide bonds. The van der Waals surface area contributed by atoms with Crippen molar-refractivity contribution >= 4 is 12.2 Å². The summed E-state index contributed by atoms with van der Waals surface area (Å²) in [7, 11) is 2.00. The van der Waals surface area contributed by atoms with Gasteiger partial charge in [-0.25, -0.2) is 0 Å². The van der Waals surface area contributed by atoms with Crippen molar-refractivity contribution in [1.29, 1.82) is 0 Å². The lowest BCUT2D eigenvalue weighted by atomic mass is 9.96. The predicted molar refractivity (Wildman–Crippen MR) is 63.3 cm³/mol. The molecule has 1 saturated carbocycles. The van der Waals surface area contributed by atoms with Crippen LogP contribution in [0.2, 0.25) is 0 Å². The van der Waals surface area contributed by atoms with Crippen molar-refractivity contribution in [3.05, 3.63) is 10.6 Å². The lowest BCUT2D eigenvalue weighted by Crippen LogP contribution is -2.08. The van der Waals surface area contributed by atoms with Crippen LogP contribution in [-0.4, -0.2) is 14.8 Å². The van der Waals surface area contributed by atoms with E-state index in [2.05, 4.69) is 10.2 Å². The van der Waals surface area contributed by atoms with Crippen LogP contribution in [0.4, 0.5) is 0 Å². The molecule has 1 aromatic rings. The normalized spacial score (nSPS) is 19.0. The number of rotatable bonds is 2. The van der Waals surface area contributed by atoms with Crippen molar-refractivity contribution in [2.75, 3.05) is 0 Å². The molecule has 0 atom stereocenters. The molecular formula is C11H19N3S. The van der Waals surface area contributed by atoms with Crippen LogP contribution in [-0.2, 0) is 13.5 Å². The van der Waals surface area contributed by atoms with Gasteiger partial charge in [-0.05, 0) is 18.1 Å². The minimum atomic E-state index is 0.735. The highest BCUT2D eigenvalue weighted by molar-refractivity contribution is 7.71. The largest absolute Gasteiger partial charge is 0.307 e. The molecule has 1 aliphatic rings. The third-order valence-corrected chi connectivity index (χ3v) is 3.78. The average molecular weight is 225 g/mol. The van der Waals surface area contributed by atoms with Gasteiger partial charge in [-0.3, -0.25) is 5.10 Å². The van der Waals surface area contributed by atoms with Gasteiger partial charge in [0, 0.05) is 13.5 Å². The van der Waals surface area contributed by atoms with E-state index in [9.17, 15) is 0 Å². The molecular weight excluding hydrogens is 206 g/mol. The van der Waals surface area contributed by atoms with E-state index in [1.54, 1.807) is 0 Å². The molecule has 0 spiro atoms. The van der Waals surface area contributed by atoms with Crippen LogP contribution in [0.5, 0.6) is 0 Å². The van der Waals surface area contributed by atoms with E-state index in [-0.39, 0.29) is 0 Å². The summed E-state index contributed by atoms with van der Waals surface area (Å²) in [5.74, 6) is 1.93. The fourth-order valence-corrected chi connectivity index (χ4v) is 2.54. The fraction of sp³-hybridized carbons (Fsp3) is 0.818. The molecule has 84 valence electrons. The first-order valence-corrected chi connectivity index (χ1v) is 6.28. The SMILES string of the molecule is Cn1c(CC2CCCCCC2)n[nH]c1=S. The van der Waals surface area contributed by atoms with Gasteiger partial charge in [-0.2, -0.15) is 5.10 Å². The number of hydrogen-bond acceptors (Lipinski definition) is 2. The maximum atomic E-state index is 5.11. The third-order valence-electron chi connectivity index (χ3n) is 3.42. The van der Waals surface area contributed by atoms with Crippen LogP contribution < -0.4 is 0 Å². The van der Waals surface area contributed by atoms with Crippen molar-refractivity contribution in [3.63, 3.8) is 0 Å². The Morgan fingerprint density at radius 3 is 2.53 bits per heavy atom. The molecule has 1 aliphatic carbocycles. The predicted octanol–water partition coefficient (Wildman–Crippen LogP) is 2.99. The Morgan fingerprint density at radius 1 is 1.33 bits per heavy atom. The molecule has 1 fully saturated rings. The zero-order valence-corrected chi connectivity index (χ0v) is 10.1. The van der Waals surface area contributed by atoms with E-state index in [0.717, 1.165) is 22.9 Å². The van der Waals surface area contributed by atoms with Gasteiger partial charge < -0.3 is 4.57 Å². The summed E-state index contributed by atoms with van der Waals surface area (Å²) in [6, 6.07) is 0. The Kier molecular flexibility index (Phi) is 3.57. The molecule has 1 N–H and O–H groups in total. The smallest absolute Gasteiger partial charge is 0.194 e. The van der Waals surface area contributed by atoms with Crippen LogP contribution in [0.1, 0.15) is 44.3 Å². The molecule has 3 nitrogen and oxygen atoms in total. The van der Waals surface area contributed by atoms with E-state index in [1.165, 1.54) is 38.5 Å². The zero-order chi connectivity index (χ0) is 10.7. The van der Waals surface area contributed by atoms with Crippen molar-refractivity contribution in [1.82, 2.24) is 14.8 Å². The Hall–Kier alpha value is -0.640. The monoisotopic (exact) mass is 225 g/mol. The lowest BCUT2D eigenvalue weighted by molar-refractivity contribution is 0.442. The molecule has 1 heterocycles. The number of aromatic nitrogens is 3. The Labute approximate surface area is 95.9 Å². The number of nitrogens with one attached hydrogen (secondary N) is 1. The summed E-state index contributed by atoms with van der Waals surface area (Å²) in [6.07, 6.45) is 9.41. The van der Waals surface area contributed by atoms with Gasteiger partial charge in [-0.15, -0.1) is 0 Å². The van der Waals surface area contributed by atoms with Crippen LogP contribution >= 0.6 is 12.2 Å². The fourth-order valence-electron chi connectivity index (χ4n) is 2.39. The number of nitrogens with zero attached hydrogens (tertiary/aromatic N) is 2. The maximum Gasteiger partial charge on any atom is 0.194 e. The Morgan fingerprint density at radius 2 is 2.00 bits per heavy atom. The maximum absolute atomic E-state index is 5.11. The summed E-state index contributed by atoms with van der Waals surface area (Å²) in [4.78, 5) is 0. The molecule has 15 heavy (non-hydrogen) atoms. The number of H-pyrrole nitrogens is 1. The van der Waals surface area contributed by atoms with Crippen LogP contribution in [0, 0.1) is 10.7 Å². The third kappa shape index (κ3) is 2.68. The zero-order valence-electron chi connectivity index (χ0n) is 9.33. The molecule has 1 aromatic heterocycles. The van der Waals surface area contributed by atoms with Crippen molar-refractivity contribution in [2.45, 2.75) is 44.9 Å². The van der Waals surface area contributed by atoms with Gasteiger partial charge in [-0.1, -0.05) is 38.5 Å². The lowest BCUT2D eigenvalue weighted by Gasteiger charge is -2.12. The molecule has 0 bridgehead atoms. The van der Waals surface area contributed by atoms with Crippen LogP contribution in [0.15, 0.2) is 0 Å². The second kappa shape index (κ2) is 4.92. The van der Waals surface area contributed by atoms with Crippen LogP contribution in [0.3, 0.4) is 0 Å². The van der Waals surface area contributed by atoms with Gasteiger partial charge in [0.15, 0.2) is 4.77 Å². The average Bonchev–Trinajstić information content (AvgIpc) is 2.50. The quantitative estimate of drug-likeness (QED) is 0.620. The number of hydrogen-bond donors (Lipinski definition) is 1. The summed E-state index contributed by atoms with van der Waals surface area (Å²) in [5, 5.41) is 7.14. The molecule has 0 radical (unpaired) electrons. The molecule has 0 aliphatic heterocycles. The Balaban J connectivity index is 2.01. The topological polar surface area (TPSA) is 33.6 Å². The summed E-state index contributed by atoms with van der Waals surface area (Å²) in [6.45, 7) is 0. The highest BCUT2D eigenvalue weighted by atomic mass is 32.1. The van der Waals surface area contributed by atoms with E-state index in [1.807, 2.05) is 11.6 Å². The summed E-state index contributed by atoms with van der Waals surface area (Å²) < 4.78 is 2.74. The molecule has 0 unspecified atom stereocenters. The second-order valence-electron chi connectivity index (χ2n) is 4.57. The highest BCUT2D eigenvalue weighted by Crippen LogP contribution is 2.25. The minimum Gasteiger partial charge on any atom is -0.307 e. The van der Waals surface area contributed by atoms with Gasteiger partial charge in [0.05, 0.1) is 0 Å². The standard InChI is InChI=1S/C11H19N3S/c1-14-10(12-13-11(14)15)8-9-6-4-2-3-5-7-9/h9H,2-8H2,1H3,(H,13,15). The molecule has 0 saturated heterocycles.